The molecular weight excluding hydrogens is 385 g/mol. The molecule has 7 heteroatoms. The summed E-state index contributed by atoms with van der Waals surface area (Å²) in [5, 5.41) is 4.12. The van der Waals surface area contributed by atoms with E-state index >= 15 is 0 Å². The highest BCUT2D eigenvalue weighted by atomic mass is 19.1. The number of hydrogen-bond acceptors (Lipinski definition) is 4. The Kier molecular flexibility index (Phi) is 5.53. The fourth-order valence-electron chi connectivity index (χ4n) is 3.35. The molecule has 0 aliphatic heterocycles. The summed E-state index contributed by atoms with van der Waals surface area (Å²) in [6, 6.07) is 14.0. The van der Waals surface area contributed by atoms with E-state index in [0.29, 0.717) is 18.0 Å². The van der Waals surface area contributed by atoms with Crippen molar-refractivity contribution in [1.82, 2.24) is 14.7 Å². The topological polar surface area (TPSA) is 68.3 Å². The van der Waals surface area contributed by atoms with Gasteiger partial charge in [-0.15, -0.1) is 5.10 Å². The van der Waals surface area contributed by atoms with Crippen LogP contribution in [0, 0.1) is 5.82 Å². The van der Waals surface area contributed by atoms with Crippen molar-refractivity contribution in [3.05, 3.63) is 76.0 Å². The molecule has 0 radical (unpaired) electrons. The molecule has 1 amide bonds. The summed E-state index contributed by atoms with van der Waals surface area (Å²) in [7, 11) is 0. The Morgan fingerprint density at radius 1 is 1.17 bits per heavy atom. The SMILES string of the molecule is CC(C)c1ccc(CN(C(=O)Cn2nc(-c3ccc(F)cc3)oc2=O)C2CC2)cc1. The average molecular weight is 409 g/mol. The number of benzene rings is 2. The number of rotatable bonds is 7. The molecule has 1 aromatic heterocycles. The maximum absolute atomic E-state index is 13.1. The van der Waals surface area contributed by atoms with E-state index in [1.54, 1.807) is 0 Å². The molecule has 1 aliphatic carbocycles. The summed E-state index contributed by atoms with van der Waals surface area (Å²) in [6.07, 6.45) is 1.93. The van der Waals surface area contributed by atoms with Crippen LogP contribution < -0.4 is 5.76 Å². The van der Waals surface area contributed by atoms with Crippen molar-refractivity contribution in [2.24, 2.45) is 0 Å². The van der Waals surface area contributed by atoms with Crippen molar-refractivity contribution in [1.29, 1.82) is 0 Å². The maximum atomic E-state index is 13.1. The van der Waals surface area contributed by atoms with Gasteiger partial charge in [-0.3, -0.25) is 4.79 Å². The van der Waals surface area contributed by atoms with Crippen LogP contribution >= 0.6 is 0 Å². The number of nitrogens with zero attached hydrogens (tertiary/aromatic N) is 3. The quantitative estimate of drug-likeness (QED) is 0.592. The summed E-state index contributed by atoms with van der Waals surface area (Å²) in [6.45, 7) is 4.60. The standard InChI is InChI=1S/C23H24FN3O3/c1-15(2)17-5-3-16(4-6-17)13-26(20-11-12-20)21(28)14-27-23(29)30-22(25-27)18-7-9-19(24)10-8-18/h3-10,15,20H,11-14H2,1-2H3. The fraction of sp³-hybridized carbons (Fsp3) is 0.348. The predicted molar refractivity (Wildman–Crippen MR) is 110 cm³/mol. The second kappa shape index (κ2) is 8.26. The van der Waals surface area contributed by atoms with E-state index in [-0.39, 0.29) is 24.4 Å². The van der Waals surface area contributed by atoms with Crippen LogP contribution in [0.15, 0.2) is 57.7 Å². The van der Waals surface area contributed by atoms with E-state index in [9.17, 15) is 14.0 Å². The van der Waals surface area contributed by atoms with E-state index < -0.39 is 11.6 Å². The highest BCUT2D eigenvalue weighted by Crippen LogP contribution is 2.29. The highest BCUT2D eigenvalue weighted by Gasteiger charge is 2.33. The van der Waals surface area contributed by atoms with Crippen LogP contribution in [0.25, 0.3) is 11.5 Å². The maximum Gasteiger partial charge on any atom is 0.437 e. The van der Waals surface area contributed by atoms with Gasteiger partial charge in [-0.2, -0.15) is 4.68 Å². The smallest absolute Gasteiger partial charge is 0.388 e. The van der Waals surface area contributed by atoms with Crippen LogP contribution in [-0.2, 0) is 17.9 Å². The molecule has 6 nitrogen and oxygen atoms in total. The molecule has 0 atom stereocenters. The van der Waals surface area contributed by atoms with Crippen molar-refractivity contribution < 1.29 is 13.6 Å². The van der Waals surface area contributed by atoms with Crippen LogP contribution in [0.2, 0.25) is 0 Å². The Morgan fingerprint density at radius 2 is 1.83 bits per heavy atom. The second-order valence-corrected chi connectivity index (χ2v) is 7.99. The lowest BCUT2D eigenvalue weighted by Gasteiger charge is -2.22. The Balaban J connectivity index is 1.48. The largest absolute Gasteiger partial charge is 0.437 e. The molecule has 0 N–H and O–H groups in total. The minimum atomic E-state index is -0.709. The first-order valence-electron chi connectivity index (χ1n) is 10.1. The van der Waals surface area contributed by atoms with Gasteiger partial charge in [0.05, 0.1) is 0 Å². The molecule has 0 spiro atoms. The highest BCUT2D eigenvalue weighted by molar-refractivity contribution is 5.76. The van der Waals surface area contributed by atoms with Gasteiger partial charge >= 0.3 is 5.76 Å². The number of carbonyl (C=O) groups is 1. The van der Waals surface area contributed by atoms with E-state index in [1.807, 2.05) is 17.0 Å². The van der Waals surface area contributed by atoms with Crippen LogP contribution in [0.3, 0.4) is 0 Å². The van der Waals surface area contributed by atoms with Crippen LogP contribution in [-0.4, -0.2) is 26.6 Å². The number of aromatic nitrogens is 2. The van der Waals surface area contributed by atoms with Gasteiger partial charge in [-0.05, 0) is 54.2 Å². The Morgan fingerprint density at radius 3 is 2.43 bits per heavy atom. The lowest BCUT2D eigenvalue weighted by atomic mass is 10.0. The zero-order valence-corrected chi connectivity index (χ0v) is 17.0. The van der Waals surface area contributed by atoms with Crippen molar-refractivity contribution in [2.45, 2.75) is 51.7 Å². The Bertz CT molecular complexity index is 1080. The first kappa shape index (κ1) is 20.1. The third-order valence-electron chi connectivity index (χ3n) is 5.29. The summed E-state index contributed by atoms with van der Waals surface area (Å²) >= 11 is 0. The van der Waals surface area contributed by atoms with E-state index in [1.165, 1.54) is 29.8 Å². The van der Waals surface area contributed by atoms with Crippen LogP contribution in [0.1, 0.15) is 43.7 Å². The van der Waals surface area contributed by atoms with Crippen LogP contribution in [0.5, 0.6) is 0 Å². The number of carbonyl (C=O) groups excluding carboxylic acids is 1. The Labute approximate surface area is 173 Å². The fourth-order valence-corrected chi connectivity index (χ4v) is 3.35. The molecule has 1 aliphatic rings. The zero-order chi connectivity index (χ0) is 21.3. The third-order valence-corrected chi connectivity index (χ3v) is 5.29. The number of hydrogen-bond donors (Lipinski definition) is 0. The van der Waals surface area contributed by atoms with Crippen molar-refractivity contribution >= 4 is 5.91 Å². The zero-order valence-electron chi connectivity index (χ0n) is 17.0. The summed E-state index contributed by atoms with van der Waals surface area (Å²) in [4.78, 5) is 26.9. The Hall–Kier alpha value is -3.22. The van der Waals surface area contributed by atoms with Gasteiger partial charge in [0.15, 0.2) is 0 Å². The number of halogens is 1. The first-order chi connectivity index (χ1) is 14.4. The average Bonchev–Trinajstić information content (AvgIpc) is 3.50. The summed E-state index contributed by atoms with van der Waals surface area (Å²) < 4.78 is 19.3. The van der Waals surface area contributed by atoms with Gasteiger partial charge in [0, 0.05) is 18.2 Å². The van der Waals surface area contributed by atoms with Gasteiger partial charge < -0.3 is 9.32 Å². The lowest BCUT2D eigenvalue weighted by Crippen LogP contribution is -2.37. The van der Waals surface area contributed by atoms with Crippen molar-refractivity contribution in [2.75, 3.05) is 0 Å². The monoisotopic (exact) mass is 409 g/mol. The molecule has 30 heavy (non-hydrogen) atoms. The van der Waals surface area contributed by atoms with Gasteiger partial charge in [0.25, 0.3) is 0 Å². The van der Waals surface area contributed by atoms with E-state index in [0.717, 1.165) is 23.1 Å². The predicted octanol–water partition coefficient (Wildman–Crippen LogP) is 3.96. The molecule has 156 valence electrons. The summed E-state index contributed by atoms with van der Waals surface area (Å²) in [5.41, 5.74) is 2.79. The molecule has 3 aromatic rings. The number of amides is 1. The van der Waals surface area contributed by atoms with Crippen molar-refractivity contribution in [3.8, 4) is 11.5 Å². The van der Waals surface area contributed by atoms with Gasteiger partial charge in [-0.1, -0.05) is 38.1 Å². The summed E-state index contributed by atoms with van der Waals surface area (Å²) in [5.74, 6) is -0.756. The molecule has 1 fully saturated rings. The molecule has 4 rings (SSSR count). The van der Waals surface area contributed by atoms with Crippen LogP contribution in [0.4, 0.5) is 4.39 Å². The van der Waals surface area contributed by atoms with Gasteiger partial charge in [-0.25, -0.2) is 9.18 Å². The molecular formula is C23H24FN3O3. The van der Waals surface area contributed by atoms with Gasteiger partial charge in [0.1, 0.15) is 12.4 Å². The molecule has 1 saturated carbocycles. The third kappa shape index (κ3) is 4.50. The second-order valence-electron chi connectivity index (χ2n) is 7.99. The molecule has 0 saturated heterocycles. The van der Waals surface area contributed by atoms with Crippen molar-refractivity contribution in [3.63, 3.8) is 0 Å². The molecule has 0 bridgehead atoms. The minimum Gasteiger partial charge on any atom is -0.388 e. The lowest BCUT2D eigenvalue weighted by molar-refractivity contribution is -0.133. The van der Waals surface area contributed by atoms with E-state index in [2.05, 4.69) is 31.1 Å². The molecule has 2 aromatic carbocycles. The minimum absolute atomic E-state index is 0.0649. The van der Waals surface area contributed by atoms with Gasteiger partial charge in [0.2, 0.25) is 11.8 Å². The van der Waals surface area contributed by atoms with E-state index in [4.69, 9.17) is 4.42 Å². The normalized spacial score (nSPS) is 13.6. The first-order valence-corrected chi connectivity index (χ1v) is 10.1. The molecule has 1 heterocycles. The molecule has 0 unspecified atom stereocenters.